The van der Waals surface area contributed by atoms with Crippen molar-refractivity contribution in [1.29, 1.82) is 0 Å². The highest BCUT2D eigenvalue weighted by molar-refractivity contribution is 7.22. The minimum Gasteiger partial charge on any atom is -0.339 e. The van der Waals surface area contributed by atoms with Gasteiger partial charge in [0.1, 0.15) is 0 Å². The Morgan fingerprint density at radius 1 is 1.35 bits per heavy atom. The molecule has 0 aliphatic carbocycles. The lowest BCUT2D eigenvalue weighted by Gasteiger charge is -2.17. The van der Waals surface area contributed by atoms with Gasteiger partial charge in [-0.15, -0.1) is 0 Å². The molecule has 1 atom stereocenters. The second kappa shape index (κ2) is 7.35. The summed E-state index contributed by atoms with van der Waals surface area (Å²) in [5.74, 6) is 1.04. The number of aryl methyl sites for hydroxylation is 1. The molecule has 2 N–H and O–H groups in total. The highest BCUT2D eigenvalue weighted by atomic mass is 32.1. The van der Waals surface area contributed by atoms with E-state index in [1.54, 1.807) is 0 Å². The first-order valence-electron chi connectivity index (χ1n) is 8.66. The Labute approximate surface area is 154 Å². The van der Waals surface area contributed by atoms with Crippen LogP contribution in [0.15, 0.2) is 34.9 Å². The number of aromatic nitrogens is 3. The second-order valence-corrected chi connectivity index (χ2v) is 7.47. The van der Waals surface area contributed by atoms with Crippen LogP contribution in [0.1, 0.15) is 24.6 Å². The van der Waals surface area contributed by atoms with E-state index in [2.05, 4.69) is 33.6 Å². The zero-order valence-electron chi connectivity index (χ0n) is 14.5. The molecule has 4 rings (SSSR count). The van der Waals surface area contributed by atoms with Gasteiger partial charge in [0.25, 0.3) is 0 Å². The van der Waals surface area contributed by atoms with Crippen LogP contribution < -0.4 is 10.2 Å². The lowest BCUT2D eigenvalue weighted by atomic mass is 10.1. The summed E-state index contributed by atoms with van der Waals surface area (Å²) in [4.78, 5) is 22.5. The molecular weight excluding hydrogens is 350 g/mol. The minimum atomic E-state index is -0.106. The lowest BCUT2D eigenvalue weighted by Crippen LogP contribution is -3.09. The fourth-order valence-electron chi connectivity index (χ4n) is 2.87. The number of nitrogens with zero attached hydrogens (tertiary/aromatic N) is 3. The van der Waals surface area contributed by atoms with Crippen LogP contribution in [0.25, 0.3) is 15.8 Å². The van der Waals surface area contributed by atoms with Crippen LogP contribution in [-0.2, 0) is 11.2 Å². The van der Waals surface area contributed by atoms with Crippen molar-refractivity contribution in [3.63, 3.8) is 0 Å². The molecule has 0 fully saturated rings. The van der Waals surface area contributed by atoms with Crippen molar-refractivity contribution in [3.8, 4) is 0 Å². The zero-order valence-corrected chi connectivity index (χ0v) is 15.3. The molecule has 1 unspecified atom stereocenters. The van der Waals surface area contributed by atoms with Crippen molar-refractivity contribution < 1.29 is 14.2 Å². The van der Waals surface area contributed by atoms with Gasteiger partial charge in [-0.25, -0.2) is 4.98 Å². The predicted molar refractivity (Wildman–Crippen MR) is 100 cm³/mol. The largest absolute Gasteiger partial charge is 0.339 e. The minimum absolute atomic E-state index is 0.106. The topological polar surface area (TPSA) is 85.4 Å². The first-order valence-corrected chi connectivity index (χ1v) is 9.48. The first-order chi connectivity index (χ1) is 12.7. The third-order valence-corrected chi connectivity index (χ3v) is 5.33. The zero-order chi connectivity index (χ0) is 17.9. The number of hydrogen-bond acceptors (Lipinski definition) is 6. The number of nitrogens with one attached hydrogen (secondary N) is 2. The molecular formula is C18H20N5O2S+. The quantitative estimate of drug-likeness (QED) is 0.712. The number of anilines is 1. The van der Waals surface area contributed by atoms with Gasteiger partial charge in [-0.3, -0.25) is 4.79 Å². The van der Waals surface area contributed by atoms with Crippen molar-refractivity contribution in [3.05, 3.63) is 42.1 Å². The fraction of sp³-hybridized carbons (Fsp3) is 0.333. The van der Waals surface area contributed by atoms with Crippen LogP contribution in [0, 0.1) is 0 Å². The van der Waals surface area contributed by atoms with Crippen LogP contribution >= 0.6 is 11.3 Å². The molecule has 0 saturated heterocycles. The van der Waals surface area contributed by atoms with Crippen molar-refractivity contribution >= 4 is 38.2 Å². The number of carbonyl (C=O) groups is 1. The maximum absolute atomic E-state index is 12.2. The summed E-state index contributed by atoms with van der Waals surface area (Å²) in [5.41, 5.74) is 2.02. The van der Waals surface area contributed by atoms with Crippen LogP contribution in [0.4, 0.5) is 5.13 Å². The molecule has 7 nitrogen and oxygen atoms in total. The molecule has 26 heavy (non-hydrogen) atoms. The molecule has 0 spiro atoms. The summed E-state index contributed by atoms with van der Waals surface area (Å²) in [5, 5.41) is 7.50. The average Bonchev–Trinajstić information content (AvgIpc) is 3.27. The molecule has 3 aromatic rings. The maximum atomic E-state index is 12.2. The van der Waals surface area contributed by atoms with E-state index in [-0.39, 0.29) is 12.3 Å². The molecule has 1 aliphatic heterocycles. The van der Waals surface area contributed by atoms with Crippen LogP contribution in [0.3, 0.4) is 0 Å². The highest BCUT2D eigenvalue weighted by Gasteiger charge is 2.17. The van der Waals surface area contributed by atoms with Crippen molar-refractivity contribution in [2.24, 2.45) is 0 Å². The molecule has 0 bridgehead atoms. The number of quaternary nitrogens is 1. The number of benzene rings is 1. The highest BCUT2D eigenvalue weighted by Crippen LogP contribution is 2.25. The molecule has 0 radical (unpaired) electrons. The number of likely N-dealkylation sites (N-methyl/N-ethyl adjacent to an activating group) is 1. The number of fused-ring (bicyclic) bond motifs is 1. The Morgan fingerprint density at radius 3 is 3.04 bits per heavy atom. The molecule has 8 heteroatoms. The summed E-state index contributed by atoms with van der Waals surface area (Å²) in [7, 11) is 2.17. The first kappa shape index (κ1) is 16.9. The van der Waals surface area contributed by atoms with Gasteiger partial charge in [0, 0.05) is 24.8 Å². The van der Waals surface area contributed by atoms with E-state index in [1.165, 1.54) is 16.2 Å². The van der Waals surface area contributed by atoms with E-state index < -0.39 is 0 Å². The Hall–Kier alpha value is -2.58. The molecule has 1 amide bonds. The summed E-state index contributed by atoms with van der Waals surface area (Å²) in [6.45, 7) is 2.05. The summed E-state index contributed by atoms with van der Waals surface area (Å²) in [6.07, 6.45) is 3.81. The molecule has 0 saturated carbocycles. The maximum Gasteiger partial charge on any atom is 0.227 e. The van der Waals surface area contributed by atoms with Gasteiger partial charge in [-0.2, -0.15) is 4.98 Å². The van der Waals surface area contributed by atoms with E-state index in [9.17, 15) is 4.79 Å². The van der Waals surface area contributed by atoms with Gasteiger partial charge < -0.3 is 14.7 Å². The number of amides is 1. The van der Waals surface area contributed by atoms with E-state index in [0.29, 0.717) is 23.3 Å². The van der Waals surface area contributed by atoms with Crippen molar-refractivity contribution in [1.82, 2.24) is 15.1 Å². The number of hydrogen-bond donors (Lipinski definition) is 2. The summed E-state index contributed by atoms with van der Waals surface area (Å²) in [6, 6.07) is 7.81. The third kappa shape index (κ3) is 3.81. The van der Waals surface area contributed by atoms with Gasteiger partial charge in [0.2, 0.25) is 11.8 Å². The Bertz CT molecular complexity index is 928. The average molecular weight is 370 g/mol. The van der Waals surface area contributed by atoms with E-state index in [0.717, 1.165) is 35.3 Å². The number of carbonyl (C=O) groups excluding carboxylic acids is 1. The Kier molecular flexibility index (Phi) is 4.77. The SMILES string of the molecule is C[NH+]1CC=C(c2noc(CCC(=O)Nc3nc4ccccc4s3)n2)CC1. The van der Waals surface area contributed by atoms with Crippen LogP contribution in [0.5, 0.6) is 0 Å². The van der Waals surface area contributed by atoms with Gasteiger partial charge >= 0.3 is 0 Å². The van der Waals surface area contributed by atoms with E-state index >= 15 is 0 Å². The van der Waals surface area contributed by atoms with Gasteiger partial charge in [0.15, 0.2) is 11.0 Å². The second-order valence-electron chi connectivity index (χ2n) is 6.44. The molecule has 134 valence electrons. The molecule has 1 aliphatic rings. The molecule has 2 aromatic heterocycles. The lowest BCUT2D eigenvalue weighted by molar-refractivity contribution is -0.874. The fourth-order valence-corrected chi connectivity index (χ4v) is 3.75. The number of para-hydroxylation sites is 1. The summed E-state index contributed by atoms with van der Waals surface area (Å²) < 4.78 is 6.34. The van der Waals surface area contributed by atoms with Gasteiger partial charge in [-0.05, 0) is 18.2 Å². The molecule has 3 heterocycles. The van der Waals surface area contributed by atoms with E-state index in [1.807, 2.05) is 24.3 Å². The summed E-state index contributed by atoms with van der Waals surface area (Å²) >= 11 is 1.47. The number of thiazole rings is 1. The smallest absolute Gasteiger partial charge is 0.227 e. The normalized spacial score (nSPS) is 17.3. The van der Waals surface area contributed by atoms with Gasteiger partial charge in [-0.1, -0.05) is 28.6 Å². The standard InChI is InChI=1S/C18H19N5O2S/c1-23-10-8-12(9-11-23)17-21-16(25-22-17)7-6-15(24)20-18-19-13-4-2-3-5-14(13)26-18/h2-5,8H,6-7,9-11H2,1H3,(H,19,20,24)/p+1. The Morgan fingerprint density at radius 2 is 2.23 bits per heavy atom. The monoisotopic (exact) mass is 370 g/mol. The predicted octanol–water partition coefficient (Wildman–Crippen LogP) is 1.55. The number of rotatable bonds is 5. The molecule has 1 aromatic carbocycles. The third-order valence-electron chi connectivity index (χ3n) is 4.38. The Balaban J connectivity index is 1.33. The van der Waals surface area contributed by atoms with Gasteiger partial charge in [0.05, 0.1) is 30.4 Å². The van der Waals surface area contributed by atoms with Crippen molar-refractivity contribution in [2.45, 2.75) is 19.3 Å². The van der Waals surface area contributed by atoms with Crippen LogP contribution in [0.2, 0.25) is 0 Å². The van der Waals surface area contributed by atoms with Crippen LogP contribution in [-0.4, -0.2) is 41.2 Å². The van der Waals surface area contributed by atoms with Crippen molar-refractivity contribution in [2.75, 3.05) is 25.5 Å². The van der Waals surface area contributed by atoms with E-state index in [4.69, 9.17) is 4.52 Å².